The molecule has 2 aliphatic rings. The molecule has 2 aromatic heterocycles. The Morgan fingerprint density at radius 1 is 0.941 bits per heavy atom. The molecule has 4 aromatic rings. The van der Waals surface area contributed by atoms with Crippen LogP contribution in [0.3, 0.4) is 0 Å². The molecule has 0 aliphatic carbocycles. The van der Waals surface area contributed by atoms with E-state index < -0.39 is 0 Å². The lowest BCUT2D eigenvalue weighted by Crippen LogP contribution is -2.33. The third-order valence-corrected chi connectivity index (χ3v) is 7.87. The highest BCUT2D eigenvalue weighted by molar-refractivity contribution is 9.10. The molecule has 6 heteroatoms. The fraction of sp³-hybridized carbons (Fsp3) is 0.286. The summed E-state index contributed by atoms with van der Waals surface area (Å²) in [5.41, 5.74) is 6.28. The van der Waals surface area contributed by atoms with E-state index in [9.17, 15) is 4.79 Å². The average molecular weight is 515 g/mol. The van der Waals surface area contributed by atoms with Crippen molar-refractivity contribution in [2.75, 3.05) is 26.2 Å². The van der Waals surface area contributed by atoms with Crippen LogP contribution in [0, 0.1) is 18.8 Å². The summed E-state index contributed by atoms with van der Waals surface area (Å²) in [5.74, 6) is 1.24. The summed E-state index contributed by atoms with van der Waals surface area (Å²) in [6, 6.07) is 22.5. The van der Waals surface area contributed by atoms with Gasteiger partial charge < -0.3 is 9.30 Å². The standard InChI is InChI=1S/C28H27BrN4O/c1-19-6-2-3-7-24(19)28(34)32-16-21-14-31(15-22(21)17-32)18-25-27(20-9-11-23(29)12-10-20)30-26-8-4-5-13-33(25)26/h2-13,21-22H,14-18H2,1H3. The molecular formula is C28H27BrN4O. The molecule has 1 amide bonds. The molecule has 5 nitrogen and oxygen atoms in total. The van der Waals surface area contributed by atoms with Crippen LogP contribution in [0.5, 0.6) is 0 Å². The van der Waals surface area contributed by atoms with Gasteiger partial charge in [-0.3, -0.25) is 9.69 Å². The van der Waals surface area contributed by atoms with Crippen LogP contribution in [-0.2, 0) is 6.54 Å². The van der Waals surface area contributed by atoms with E-state index in [-0.39, 0.29) is 5.91 Å². The van der Waals surface area contributed by atoms with Gasteiger partial charge in [0, 0.05) is 54.5 Å². The van der Waals surface area contributed by atoms with Gasteiger partial charge in [0.25, 0.3) is 5.91 Å². The molecule has 2 aliphatic heterocycles. The molecule has 0 bridgehead atoms. The van der Waals surface area contributed by atoms with Gasteiger partial charge in [-0.15, -0.1) is 0 Å². The van der Waals surface area contributed by atoms with Crippen molar-refractivity contribution in [3.63, 3.8) is 0 Å². The summed E-state index contributed by atoms with van der Waals surface area (Å²) in [4.78, 5) is 22.7. The molecule has 0 N–H and O–H groups in total. The van der Waals surface area contributed by atoms with Crippen LogP contribution in [0.25, 0.3) is 16.9 Å². The van der Waals surface area contributed by atoms with Gasteiger partial charge in [-0.25, -0.2) is 4.98 Å². The molecule has 0 radical (unpaired) electrons. The van der Waals surface area contributed by atoms with Gasteiger partial charge in [0.05, 0.1) is 11.4 Å². The first-order valence-corrected chi connectivity index (χ1v) is 12.7. The Kier molecular flexibility index (Phi) is 5.50. The fourth-order valence-corrected chi connectivity index (χ4v) is 5.88. The Hall–Kier alpha value is -2.96. The zero-order valence-electron chi connectivity index (χ0n) is 19.2. The van der Waals surface area contributed by atoms with Crippen molar-refractivity contribution in [2.45, 2.75) is 13.5 Å². The number of benzene rings is 2. The Labute approximate surface area is 208 Å². The second kappa shape index (κ2) is 8.67. The lowest BCUT2D eigenvalue weighted by atomic mass is 10.0. The third-order valence-electron chi connectivity index (χ3n) is 7.34. The first-order valence-electron chi connectivity index (χ1n) is 11.9. The molecule has 2 unspecified atom stereocenters. The lowest BCUT2D eigenvalue weighted by Gasteiger charge is -2.22. The maximum atomic E-state index is 13.1. The predicted molar refractivity (Wildman–Crippen MR) is 138 cm³/mol. The van der Waals surface area contributed by atoms with E-state index >= 15 is 0 Å². The number of carbonyl (C=O) groups excluding carboxylic acids is 1. The minimum atomic E-state index is 0.179. The predicted octanol–water partition coefficient (Wildman–Crippen LogP) is 5.28. The van der Waals surface area contributed by atoms with Crippen LogP contribution in [0.15, 0.2) is 77.4 Å². The van der Waals surface area contributed by atoms with Crippen LogP contribution < -0.4 is 0 Å². The van der Waals surface area contributed by atoms with Gasteiger partial charge in [0.15, 0.2) is 0 Å². The number of likely N-dealkylation sites (tertiary alicyclic amines) is 2. The number of rotatable bonds is 4. The van der Waals surface area contributed by atoms with Crippen LogP contribution in [-0.4, -0.2) is 51.3 Å². The zero-order valence-corrected chi connectivity index (χ0v) is 20.8. The number of imidazole rings is 1. The monoisotopic (exact) mass is 514 g/mol. The van der Waals surface area contributed by atoms with Gasteiger partial charge in [-0.2, -0.15) is 0 Å². The van der Waals surface area contributed by atoms with E-state index in [0.29, 0.717) is 11.8 Å². The molecule has 4 heterocycles. The van der Waals surface area contributed by atoms with E-state index in [0.717, 1.165) is 65.2 Å². The number of pyridine rings is 1. The van der Waals surface area contributed by atoms with Crippen molar-refractivity contribution in [1.82, 2.24) is 19.2 Å². The Bertz CT molecular complexity index is 1350. The molecule has 34 heavy (non-hydrogen) atoms. The van der Waals surface area contributed by atoms with Crippen LogP contribution in [0.4, 0.5) is 0 Å². The van der Waals surface area contributed by atoms with E-state index in [1.807, 2.05) is 37.3 Å². The van der Waals surface area contributed by atoms with E-state index in [4.69, 9.17) is 4.98 Å². The highest BCUT2D eigenvalue weighted by atomic mass is 79.9. The normalized spacial score (nSPS) is 20.2. The maximum Gasteiger partial charge on any atom is 0.254 e. The molecule has 2 saturated heterocycles. The van der Waals surface area contributed by atoms with Gasteiger partial charge in [0.1, 0.15) is 5.65 Å². The SMILES string of the molecule is Cc1ccccc1C(=O)N1CC2CN(Cc3c(-c4ccc(Br)cc4)nc4ccccn34)CC2C1. The molecule has 2 atom stereocenters. The summed E-state index contributed by atoms with van der Waals surface area (Å²) in [5, 5.41) is 0. The van der Waals surface area contributed by atoms with Crippen LogP contribution in [0.2, 0.25) is 0 Å². The summed E-state index contributed by atoms with van der Waals surface area (Å²) in [6.45, 7) is 6.60. The Morgan fingerprint density at radius 2 is 1.65 bits per heavy atom. The molecule has 6 rings (SSSR count). The first-order chi connectivity index (χ1) is 16.6. The number of nitrogens with zero attached hydrogens (tertiary/aromatic N) is 4. The van der Waals surface area contributed by atoms with E-state index in [1.165, 1.54) is 5.69 Å². The van der Waals surface area contributed by atoms with Crippen LogP contribution in [0.1, 0.15) is 21.6 Å². The van der Waals surface area contributed by atoms with Crippen molar-refractivity contribution in [1.29, 1.82) is 0 Å². The van der Waals surface area contributed by atoms with E-state index in [1.54, 1.807) is 0 Å². The van der Waals surface area contributed by atoms with Crippen molar-refractivity contribution in [3.8, 4) is 11.3 Å². The average Bonchev–Trinajstić information content (AvgIpc) is 3.52. The van der Waals surface area contributed by atoms with Crippen LogP contribution >= 0.6 is 15.9 Å². The fourth-order valence-electron chi connectivity index (χ4n) is 5.62. The molecule has 0 spiro atoms. The molecule has 2 aromatic carbocycles. The highest BCUT2D eigenvalue weighted by Crippen LogP contribution is 2.34. The van der Waals surface area contributed by atoms with Gasteiger partial charge >= 0.3 is 0 Å². The van der Waals surface area contributed by atoms with Crippen molar-refractivity contribution in [2.24, 2.45) is 11.8 Å². The second-order valence-electron chi connectivity index (χ2n) is 9.58. The Balaban J connectivity index is 1.21. The molecule has 2 fully saturated rings. The van der Waals surface area contributed by atoms with Crippen molar-refractivity contribution in [3.05, 3.63) is 94.2 Å². The molecular weight excluding hydrogens is 488 g/mol. The third kappa shape index (κ3) is 3.85. The quantitative estimate of drug-likeness (QED) is 0.372. The largest absolute Gasteiger partial charge is 0.338 e. The number of fused-ring (bicyclic) bond motifs is 2. The minimum absolute atomic E-state index is 0.179. The highest BCUT2D eigenvalue weighted by Gasteiger charge is 2.42. The lowest BCUT2D eigenvalue weighted by molar-refractivity contribution is 0.0772. The van der Waals surface area contributed by atoms with Gasteiger partial charge in [-0.1, -0.05) is 52.3 Å². The topological polar surface area (TPSA) is 40.9 Å². The smallest absolute Gasteiger partial charge is 0.254 e. The molecule has 0 saturated carbocycles. The number of hydrogen-bond acceptors (Lipinski definition) is 3. The number of halogens is 1. The number of aromatic nitrogens is 2. The van der Waals surface area contributed by atoms with Crippen molar-refractivity contribution >= 4 is 27.5 Å². The van der Waals surface area contributed by atoms with Crippen molar-refractivity contribution < 1.29 is 4.79 Å². The van der Waals surface area contributed by atoms with E-state index in [2.05, 4.69) is 72.7 Å². The minimum Gasteiger partial charge on any atom is -0.338 e. The summed E-state index contributed by atoms with van der Waals surface area (Å²) in [7, 11) is 0. The Morgan fingerprint density at radius 3 is 2.38 bits per heavy atom. The number of carbonyl (C=O) groups is 1. The first kappa shape index (κ1) is 21.6. The number of aryl methyl sites for hydroxylation is 1. The second-order valence-corrected chi connectivity index (χ2v) is 10.5. The summed E-state index contributed by atoms with van der Waals surface area (Å²) < 4.78 is 3.29. The summed E-state index contributed by atoms with van der Waals surface area (Å²) >= 11 is 3.54. The number of hydrogen-bond donors (Lipinski definition) is 0. The molecule has 172 valence electrons. The zero-order chi connectivity index (χ0) is 23.2. The summed E-state index contributed by atoms with van der Waals surface area (Å²) in [6.07, 6.45) is 2.11. The van der Waals surface area contributed by atoms with Gasteiger partial charge in [-0.05, 0) is 54.7 Å². The number of amides is 1. The maximum absolute atomic E-state index is 13.1. The van der Waals surface area contributed by atoms with Gasteiger partial charge in [0.2, 0.25) is 0 Å².